The summed E-state index contributed by atoms with van der Waals surface area (Å²) in [5.41, 5.74) is 3.22. The van der Waals surface area contributed by atoms with Gasteiger partial charge in [0, 0.05) is 24.3 Å². The molecule has 1 aliphatic rings. The van der Waals surface area contributed by atoms with Crippen molar-refractivity contribution >= 4 is 5.91 Å². The van der Waals surface area contributed by atoms with E-state index in [4.69, 9.17) is 4.74 Å². The predicted molar refractivity (Wildman–Crippen MR) is 122 cm³/mol. The van der Waals surface area contributed by atoms with Gasteiger partial charge in [0.15, 0.2) is 0 Å². The first-order chi connectivity index (χ1) is 15.7. The zero-order valence-corrected chi connectivity index (χ0v) is 18.3. The van der Waals surface area contributed by atoms with Crippen LogP contribution in [0.3, 0.4) is 0 Å². The molecule has 0 saturated heterocycles. The second-order valence-electron chi connectivity index (χ2n) is 7.98. The highest BCUT2D eigenvalue weighted by atomic mass is 16.5. The number of rotatable bonds is 10. The summed E-state index contributed by atoms with van der Waals surface area (Å²) in [5.74, 6) is 0.745. The van der Waals surface area contributed by atoms with E-state index in [-0.39, 0.29) is 24.3 Å². The SMILES string of the molecule is CCCCCOc1ccc([C@@H]2c3c(-c4ccccc4O)n[nH]c3C(=O)N2CCCO)cc1. The fourth-order valence-electron chi connectivity index (χ4n) is 4.18. The molecule has 7 heteroatoms. The highest BCUT2D eigenvalue weighted by Gasteiger charge is 2.42. The highest BCUT2D eigenvalue weighted by molar-refractivity contribution is 6.00. The zero-order chi connectivity index (χ0) is 22.5. The first-order valence-corrected chi connectivity index (χ1v) is 11.2. The van der Waals surface area contributed by atoms with Crippen molar-refractivity contribution in [3.63, 3.8) is 0 Å². The number of para-hydroxylation sites is 1. The lowest BCUT2D eigenvalue weighted by atomic mass is 9.95. The summed E-state index contributed by atoms with van der Waals surface area (Å²) in [6.45, 7) is 3.26. The lowest BCUT2D eigenvalue weighted by molar-refractivity contribution is 0.0732. The number of H-pyrrole nitrogens is 1. The molecular weight excluding hydrogens is 406 g/mol. The van der Waals surface area contributed by atoms with E-state index >= 15 is 0 Å². The van der Waals surface area contributed by atoms with Crippen LogP contribution in [0, 0.1) is 0 Å². The number of aromatic hydroxyl groups is 1. The number of aliphatic hydroxyl groups excluding tert-OH is 1. The monoisotopic (exact) mass is 435 g/mol. The molecule has 0 bridgehead atoms. The third-order valence-corrected chi connectivity index (χ3v) is 5.79. The van der Waals surface area contributed by atoms with Crippen molar-refractivity contribution in [1.29, 1.82) is 0 Å². The Hall–Kier alpha value is -3.32. The number of amides is 1. The molecule has 0 fully saturated rings. The number of phenolic OH excluding ortho intramolecular Hbond substituents is 1. The Morgan fingerprint density at radius 2 is 1.88 bits per heavy atom. The average Bonchev–Trinajstić information content (AvgIpc) is 3.35. The number of aromatic amines is 1. The van der Waals surface area contributed by atoms with E-state index in [2.05, 4.69) is 17.1 Å². The normalized spacial score (nSPS) is 15.2. The van der Waals surface area contributed by atoms with Crippen LogP contribution in [0.4, 0.5) is 0 Å². The van der Waals surface area contributed by atoms with Crippen LogP contribution in [0.2, 0.25) is 0 Å². The number of unbranched alkanes of at least 4 members (excludes halogenated alkanes) is 2. The van der Waals surface area contributed by atoms with Gasteiger partial charge in [-0.2, -0.15) is 5.10 Å². The number of carbonyl (C=O) groups excluding carboxylic acids is 1. The predicted octanol–water partition coefficient (Wildman–Crippen LogP) is 4.28. The summed E-state index contributed by atoms with van der Waals surface area (Å²) < 4.78 is 5.84. The van der Waals surface area contributed by atoms with Crippen molar-refractivity contribution in [3.8, 4) is 22.8 Å². The van der Waals surface area contributed by atoms with Gasteiger partial charge in [-0.3, -0.25) is 9.89 Å². The summed E-state index contributed by atoms with van der Waals surface area (Å²) in [4.78, 5) is 14.9. The van der Waals surface area contributed by atoms with Crippen LogP contribution in [-0.2, 0) is 0 Å². The Balaban J connectivity index is 1.69. The molecule has 2 heterocycles. The summed E-state index contributed by atoms with van der Waals surface area (Å²) in [7, 11) is 0. The Morgan fingerprint density at radius 1 is 1.09 bits per heavy atom. The van der Waals surface area contributed by atoms with Gasteiger partial charge in [0.25, 0.3) is 5.91 Å². The molecule has 32 heavy (non-hydrogen) atoms. The highest BCUT2D eigenvalue weighted by Crippen LogP contribution is 2.44. The van der Waals surface area contributed by atoms with Crippen molar-refractivity contribution in [2.24, 2.45) is 0 Å². The quantitative estimate of drug-likeness (QED) is 0.413. The van der Waals surface area contributed by atoms with Crippen LogP contribution in [0.1, 0.15) is 60.3 Å². The molecule has 1 atom stereocenters. The van der Waals surface area contributed by atoms with Gasteiger partial charge in [-0.1, -0.05) is 44.0 Å². The second kappa shape index (κ2) is 9.87. The first kappa shape index (κ1) is 21.9. The fraction of sp³-hybridized carbons (Fsp3) is 0.360. The lowest BCUT2D eigenvalue weighted by Crippen LogP contribution is -2.31. The molecule has 1 aliphatic heterocycles. The molecule has 0 spiro atoms. The molecule has 3 aromatic rings. The number of aromatic nitrogens is 2. The van der Waals surface area contributed by atoms with E-state index in [0.717, 1.165) is 36.1 Å². The number of carbonyl (C=O) groups is 1. The number of fused-ring (bicyclic) bond motifs is 1. The minimum Gasteiger partial charge on any atom is -0.507 e. The van der Waals surface area contributed by atoms with Gasteiger partial charge in [-0.25, -0.2) is 0 Å². The van der Waals surface area contributed by atoms with Crippen molar-refractivity contribution in [3.05, 3.63) is 65.4 Å². The first-order valence-electron chi connectivity index (χ1n) is 11.2. The van der Waals surface area contributed by atoms with Gasteiger partial charge >= 0.3 is 0 Å². The molecule has 1 amide bonds. The fourth-order valence-corrected chi connectivity index (χ4v) is 4.18. The van der Waals surface area contributed by atoms with Gasteiger partial charge in [0.05, 0.1) is 12.6 Å². The molecule has 0 radical (unpaired) electrons. The summed E-state index contributed by atoms with van der Waals surface area (Å²) >= 11 is 0. The van der Waals surface area contributed by atoms with Gasteiger partial charge in [0.2, 0.25) is 0 Å². The third kappa shape index (κ3) is 4.21. The number of nitrogens with one attached hydrogen (secondary N) is 1. The maximum Gasteiger partial charge on any atom is 0.273 e. The molecule has 2 aromatic carbocycles. The third-order valence-electron chi connectivity index (χ3n) is 5.79. The maximum atomic E-state index is 13.2. The van der Waals surface area contributed by atoms with E-state index in [0.29, 0.717) is 36.5 Å². The van der Waals surface area contributed by atoms with Crippen LogP contribution in [-0.4, -0.2) is 51.0 Å². The molecular formula is C25H29N3O4. The van der Waals surface area contributed by atoms with Crippen LogP contribution in [0.5, 0.6) is 11.5 Å². The smallest absolute Gasteiger partial charge is 0.273 e. The van der Waals surface area contributed by atoms with E-state index in [1.165, 1.54) is 0 Å². The van der Waals surface area contributed by atoms with Crippen molar-refractivity contribution in [2.45, 2.75) is 38.6 Å². The second-order valence-corrected chi connectivity index (χ2v) is 7.98. The number of phenols is 1. The van der Waals surface area contributed by atoms with Crippen LogP contribution < -0.4 is 4.74 Å². The summed E-state index contributed by atoms with van der Waals surface area (Å²) in [6.07, 6.45) is 3.78. The minimum absolute atomic E-state index is 0.000444. The van der Waals surface area contributed by atoms with Crippen LogP contribution >= 0.6 is 0 Å². The maximum absolute atomic E-state index is 13.2. The number of aliphatic hydroxyl groups is 1. The molecule has 0 saturated carbocycles. The van der Waals surface area contributed by atoms with Crippen molar-refractivity contribution < 1.29 is 19.7 Å². The van der Waals surface area contributed by atoms with E-state index in [1.54, 1.807) is 23.1 Å². The largest absolute Gasteiger partial charge is 0.507 e. The minimum atomic E-state index is -0.369. The van der Waals surface area contributed by atoms with Crippen molar-refractivity contribution in [2.75, 3.05) is 19.8 Å². The molecule has 168 valence electrons. The molecule has 0 aliphatic carbocycles. The van der Waals surface area contributed by atoms with E-state index in [1.807, 2.05) is 30.3 Å². The van der Waals surface area contributed by atoms with Gasteiger partial charge in [-0.15, -0.1) is 0 Å². The Bertz CT molecular complexity index is 1060. The van der Waals surface area contributed by atoms with Crippen LogP contribution in [0.15, 0.2) is 48.5 Å². The topological polar surface area (TPSA) is 98.7 Å². The number of nitrogens with zero attached hydrogens (tertiary/aromatic N) is 2. The van der Waals surface area contributed by atoms with E-state index < -0.39 is 0 Å². The molecule has 1 aromatic heterocycles. The lowest BCUT2D eigenvalue weighted by Gasteiger charge is -2.26. The Kier molecular flexibility index (Phi) is 6.75. The molecule has 0 unspecified atom stereocenters. The standard InChI is InChI=1S/C25H29N3O4/c1-2-3-6-16-32-18-12-10-17(11-13-18)24-21-22(19-8-4-5-9-20(19)30)26-27-23(21)25(31)28(24)14-7-15-29/h4-5,8-13,24,29-30H,2-3,6-7,14-16H2,1H3,(H,26,27)/t24-/m1/s1. The number of hydrogen-bond acceptors (Lipinski definition) is 5. The summed E-state index contributed by atoms with van der Waals surface area (Å²) in [5, 5.41) is 27.0. The molecule has 4 rings (SSSR count). The summed E-state index contributed by atoms with van der Waals surface area (Å²) in [6, 6.07) is 14.4. The van der Waals surface area contributed by atoms with Gasteiger partial charge < -0.3 is 19.8 Å². The number of hydrogen-bond donors (Lipinski definition) is 3. The van der Waals surface area contributed by atoms with Gasteiger partial charge in [-0.05, 0) is 42.7 Å². The average molecular weight is 436 g/mol. The zero-order valence-electron chi connectivity index (χ0n) is 18.3. The van der Waals surface area contributed by atoms with Crippen LogP contribution in [0.25, 0.3) is 11.3 Å². The Labute approximate surface area is 187 Å². The molecule has 3 N–H and O–H groups in total. The number of benzene rings is 2. The molecule has 7 nitrogen and oxygen atoms in total. The van der Waals surface area contributed by atoms with E-state index in [9.17, 15) is 15.0 Å². The van der Waals surface area contributed by atoms with Gasteiger partial charge in [0.1, 0.15) is 22.9 Å². The Morgan fingerprint density at radius 3 is 2.59 bits per heavy atom. The van der Waals surface area contributed by atoms with Crippen molar-refractivity contribution in [1.82, 2.24) is 15.1 Å². The number of ether oxygens (including phenoxy) is 1.